The van der Waals surface area contributed by atoms with Crippen LogP contribution in [0, 0.1) is 0 Å². The summed E-state index contributed by atoms with van der Waals surface area (Å²) in [6, 6.07) is 17.0. The van der Waals surface area contributed by atoms with Gasteiger partial charge in [-0.2, -0.15) is 0 Å². The minimum Gasteiger partial charge on any atom is -0.394 e. The molecule has 1 aromatic heterocycles. The zero-order valence-electron chi connectivity index (χ0n) is 17.9. The molecule has 0 bridgehead atoms. The molecule has 0 saturated heterocycles. The minimum absolute atomic E-state index is 0.0389. The maximum atomic E-state index is 9.79. The van der Waals surface area contributed by atoms with Crippen LogP contribution in [0.1, 0.15) is 42.3 Å². The van der Waals surface area contributed by atoms with Gasteiger partial charge in [0.05, 0.1) is 32.0 Å². The molecule has 162 valence electrons. The predicted molar refractivity (Wildman–Crippen MR) is 123 cm³/mol. The molecule has 0 spiro atoms. The van der Waals surface area contributed by atoms with Crippen molar-refractivity contribution in [3.05, 3.63) is 84.0 Å². The average molecular weight is 419 g/mol. The van der Waals surface area contributed by atoms with Gasteiger partial charge in [-0.25, -0.2) is 4.98 Å². The quantitative estimate of drug-likeness (QED) is 0.517. The lowest BCUT2D eigenvalue weighted by Gasteiger charge is -2.14. The highest BCUT2D eigenvalue weighted by atomic mass is 16.5. The van der Waals surface area contributed by atoms with E-state index < -0.39 is 0 Å². The number of aliphatic hydroxyl groups excluding tert-OH is 2. The molecule has 3 atom stereocenters. The summed E-state index contributed by atoms with van der Waals surface area (Å²) in [6.45, 7) is 2.60. The zero-order chi connectivity index (χ0) is 21.6. The monoisotopic (exact) mass is 418 g/mol. The number of hydrogen-bond acceptors (Lipinski definition) is 4. The Kier molecular flexibility index (Phi) is 6.97. The Hall–Kier alpha value is -2.73. The van der Waals surface area contributed by atoms with Gasteiger partial charge in [0, 0.05) is 24.7 Å². The Morgan fingerprint density at radius 3 is 2.45 bits per heavy atom. The number of hydrogen-bond donors (Lipinski definition) is 2. The van der Waals surface area contributed by atoms with E-state index in [1.54, 1.807) is 6.20 Å². The third-order valence-corrected chi connectivity index (χ3v) is 5.86. The molecule has 3 aromatic rings. The van der Waals surface area contributed by atoms with Gasteiger partial charge in [-0.3, -0.25) is 0 Å². The molecule has 0 aliphatic heterocycles. The second-order valence-electron chi connectivity index (χ2n) is 7.93. The molecule has 1 heterocycles. The summed E-state index contributed by atoms with van der Waals surface area (Å²) in [5, 5.41) is 18.7. The van der Waals surface area contributed by atoms with E-state index in [1.165, 1.54) is 16.7 Å². The third-order valence-electron chi connectivity index (χ3n) is 5.86. The number of nitrogens with zero attached hydrogens (tertiary/aromatic N) is 2. The SMILES string of the molecule is CCc1nccn1C(/C=C/c1ccc(-c2ccc([C@@H]3CC3OCCO)cc2)cc1)CO. The Labute approximate surface area is 183 Å². The Morgan fingerprint density at radius 2 is 1.81 bits per heavy atom. The largest absolute Gasteiger partial charge is 0.394 e. The average Bonchev–Trinajstić information content (AvgIpc) is 3.44. The molecule has 0 radical (unpaired) electrons. The van der Waals surface area contributed by atoms with Gasteiger partial charge in [0.15, 0.2) is 0 Å². The van der Waals surface area contributed by atoms with Crippen molar-refractivity contribution in [1.82, 2.24) is 9.55 Å². The van der Waals surface area contributed by atoms with Gasteiger partial charge in [0.1, 0.15) is 5.82 Å². The minimum atomic E-state index is -0.114. The van der Waals surface area contributed by atoms with Gasteiger partial charge in [-0.05, 0) is 28.7 Å². The van der Waals surface area contributed by atoms with Crippen LogP contribution in [0.15, 0.2) is 67.0 Å². The van der Waals surface area contributed by atoms with Crippen LogP contribution in [0.5, 0.6) is 0 Å². The van der Waals surface area contributed by atoms with Crippen LogP contribution in [0.3, 0.4) is 0 Å². The van der Waals surface area contributed by atoms with E-state index in [1.807, 2.05) is 22.9 Å². The normalized spacial score (nSPS) is 19.1. The van der Waals surface area contributed by atoms with Crippen LogP contribution in [0.25, 0.3) is 17.2 Å². The highest BCUT2D eigenvalue weighted by molar-refractivity contribution is 5.66. The van der Waals surface area contributed by atoms with E-state index >= 15 is 0 Å². The summed E-state index contributed by atoms with van der Waals surface area (Å²) in [4.78, 5) is 4.34. The lowest BCUT2D eigenvalue weighted by atomic mass is 10.0. The topological polar surface area (TPSA) is 67.5 Å². The number of aryl methyl sites for hydroxylation is 1. The summed E-state index contributed by atoms with van der Waals surface area (Å²) >= 11 is 0. The number of aliphatic hydroxyl groups is 2. The maximum absolute atomic E-state index is 9.79. The van der Waals surface area contributed by atoms with Gasteiger partial charge >= 0.3 is 0 Å². The van der Waals surface area contributed by atoms with Crippen molar-refractivity contribution in [3.8, 4) is 11.1 Å². The van der Waals surface area contributed by atoms with Gasteiger partial charge in [-0.15, -0.1) is 0 Å². The summed E-state index contributed by atoms with van der Waals surface area (Å²) in [6.07, 6.45) is 9.89. The van der Waals surface area contributed by atoms with E-state index in [4.69, 9.17) is 9.84 Å². The van der Waals surface area contributed by atoms with Crippen molar-refractivity contribution >= 4 is 6.08 Å². The molecule has 2 aromatic carbocycles. The molecule has 5 nitrogen and oxygen atoms in total. The Balaban J connectivity index is 1.39. The third kappa shape index (κ3) is 5.13. The first kappa shape index (κ1) is 21.5. The van der Waals surface area contributed by atoms with Crippen LogP contribution >= 0.6 is 0 Å². The van der Waals surface area contributed by atoms with Gasteiger partial charge in [-0.1, -0.05) is 67.6 Å². The van der Waals surface area contributed by atoms with Crippen molar-refractivity contribution in [2.24, 2.45) is 0 Å². The lowest BCUT2D eigenvalue weighted by molar-refractivity contribution is 0.0778. The van der Waals surface area contributed by atoms with Gasteiger partial charge in [0.25, 0.3) is 0 Å². The second-order valence-corrected chi connectivity index (χ2v) is 7.93. The van der Waals surface area contributed by atoms with E-state index in [2.05, 4.69) is 60.4 Å². The Morgan fingerprint density at radius 1 is 1.10 bits per heavy atom. The molecule has 1 aliphatic rings. The first-order chi connectivity index (χ1) is 15.2. The van der Waals surface area contributed by atoms with E-state index in [-0.39, 0.29) is 25.4 Å². The van der Waals surface area contributed by atoms with E-state index in [0.29, 0.717) is 12.5 Å². The first-order valence-corrected chi connectivity index (χ1v) is 11.0. The number of ether oxygens (including phenoxy) is 1. The van der Waals surface area contributed by atoms with Crippen LogP contribution in [0.2, 0.25) is 0 Å². The zero-order valence-corrected chi connectivity index (χ0v) is 17.9. The summed E-state index contributed by atoms with van der Waals surface area (Å²) in [5.41, 5.74) is 4.76. The molecule has 1 aliphatic carbocycles. The van der Waals surface area contributed by atoms with Crippen molar-refractivity contribution in [1.29, 1.82) is 0 Å². The fourth-order valence-electron chi connectivity index (χ4n) is 4.00. The molecular weight excluding hydrogens is 388 g/mol. The fraction of sp³-hybridized carbons (Fsp3) is 0.346. The molecule has 2 N–H and O–H groups in total. The fourth-order valence-corrected chi connectivity index (χ4v) is 4.00. The van der Waals surface area contributed by atoms with Crippen LogP contribution in [-0.4, -0.2) is 45.7 Å². The maximum Gasteiger partial charge on any atom is 0.108 e. The highest BCUT2D eigenvalue weighted by Crippen LogP contribution is 2.43. The van der Waals surface area contributed by atoms with E-state index in [0.717, 1.165) is 24.2 Å². The van der Waals surface area contributed by atoms with Crippen LogP contribution < -0.4 is 0 Å². The molecule has 1 saturated carbocycles. The molecule has 2 unspecified atom stereocenters. The standard InChI is InChI=1S/C26H30N2O3/c1-2-26-27-13-14-28(26)23(18-30)12-5-19-3-6-20(7-4-19)21-8-10-22(11-9-21)24-17-25(24)31-16-15-29/h3-14,23-25,29-30H,2,15-18H2,1H3/b12-5+/t23?,24-,25?/m0/s1. The Bertz CT molecular complexity index is 992. The smallest absolute Gasteiger partial charge is 0.108 e. The van der Waals surface area contributed by atoms with Crippen molar-refractivity contribution in [3.63, 3.8) is 0 Å². The molecule has 5 heteroatoms. The predicted octanol–water partition coefficient (Wildman–Crippen LogP) is 4.22. The molecule has 4 rings (SSSR count). The van der Waals surface area contributed by atoms with Crippen molar-refractivity contribution in [2.45, 2.75) is 37.8 Å². The van der Waals surface area contributed by atoms with Crippen LogP contribution in [-0.2, 0) is 11.2 Å². The number of benzene rings is 2. The second kappa shape index (κ2) is 10.1. The van der Waals surface area contributed by atoms with Crippen LogP contribution in [0.4, 0.5) is 0 Å². The molecule has 0 amide bonds. The van der Waals surface area contributed by atoms with Gasteiger partial charge in [0.2, 0.25) is 0 Å². The van der Waals surface area contributed by atoms with Crippen molar-refractivity contribution < 1.29 is 14.9 Å². The molecule has 31 heavy (non-hydrogen) atoms. The lowest BCUT2D eigenvalue weighted by Crippen LogP contribution is -2.12. The summed E-state index contributed by atoms with van der Waals surface area (Å²) < 4.78 is 7.62. The van der Waals surface area contributed by atoms with Crippen molar-refractivity contribution in [2.75, 3.05) is 19.8 Å². The van der Waals surface area contributed by atoms with Gasteiger partial charge < -0.3 is 19.5 Å². The number of imidazole rings is 1. The summed E-state index contributed by atoms with van der Waals surface area (Å²) in [5.74, 6) is 1.43. The number of aromatic nitrogens is 2. The molecular formula is C26H30N2O3. The number of rotatable bonds is 10. The highest BCUT2D eigenvalue weighted by Gasteiger charge is 2.39. The summed E-state index contributed by atoms with van der Waals surface area (Å²) in [7, 11) is 0. The first-order valence-electron chi connectivity index (χ1n) is 11.0. The molecule has 1 fully saturated rings. The van der Waals surface area contributed by atoms with E-state index in [9.17, 15) is 5.11 Å².